The lowest BCUT2D eigenvalue weighted by Crippen LogP contribution is -2.52. The Labute approximate surface area is 171 Å². The zero-order valence-corrected chi connectivity index (χ0v) is 17.0. The second-order valence-corrected chi connectivity index (χ2v) is 7.92. The number of anilines is 1. The fourth-order valence-corrected chi connectivity index (χ4v) is 4.21. The van der Waals surface area contributed by atoms with Crippen LogP contribution in [0.15, 0.2) is 48.5 Å². The summed E-state index contributed by atoms with van der Waals surface area (Å²) < 4.78 is 0. The number of para-hydroxylation sites is 1. The highest BCUT2D eigenvalue weighted by Crippen LogP contribution is 2.21. The van der Waals surface area contributed by atoms with Gasteiger partial charge in [0.15, 0.2) is 0 Å². The van der Waals surface area contributed by atoms with Crippen molar-refractivity contribution in [1.29, 1.82) is 5.26 Å². The van der Waals surface area contributed by atoms with Gasteiger partial charge in [0.25, 0.3) is 0 Å². The molecule has 5 nitrogen and oxygen atoms in total. The van der Waals surface area contributed by atoms with E-state index in [-0.39, 0.29) is 6.03 Å². The second kappa shape index (κ2) is 10.0. The lowest BCUT2D eigenvalue weighted by molar-refractivity contribution is 0.195. The normalized spacial score (nSPS) is 13.9. The number of nitrogens with one attached hydrogen (secondary N) is 1. The van der Waals surface area contributed by atoms with Gasteiger partial charge in [-0.3, -0.25) is 0 Å². The van der Waals surface area contributed by atoms with E-state index in [1.807, 2.05) is 29.2 Å². The molecule has 0 saturated carbocycles. The van der Waals surface area contributed by atoms with Crippen LogP contribution in [0, 0.1) is 18.3 Å². The van der Waals surface area contributed by atoms with Gasteiger partial charge in [0.05, 0.1) is 11.6 Å². The number of nitrogens with zero attached hydrogens (tertiary/aromatic N) is 3. The number of aryl methyl sites for hydroxylation is 1. The monoisotopic (exact) mass is 394 g/mol. The summed E-state index contributed by atoms with van der Waals surface area (Å²) in [5.74, 6) is 1.61. The molecule has 2 amide bonds. The highest BCUT2D eigenvalue weighted by atomic mass is 32.2. The van der Waals surface area contributed by atoms with E-state index >= 15 is 0 Å². The number of hydrogen-bond donors (Lipinski definition) is 1. The molecule has 0 unspecified atom stereocenters. The van der Waals surface area contributed by atoms with Crippen molar-refractivity contribution < 1.29 is 4.79 Å². The SMILES string of the molecule is Cc1ccccc1N1CCN(C(=O)NCCSCc2ccccc2C#N)CC1. The number of benzene rings is 2. The van der Waals surface area contributed by atoms with E-state index in [1.165, 1.54) is 11.3 Å². The first kappa shape index (κ1) is 20.1. The molecule has 1 aliphatic heterocycles. The molecule has 0 atom stereocenters. The van der Waals surface area contributed by atoms with Crippen molar-refractivity contribution in [3.8, 4) is 6.07 Å². The number of hydrogen-bond acceptors (Lipinski definition) is 4. The van der Waals surface area contributed by atoms with E-state index in [4.69, 9.17) is 5.26 Å². The third kappa shape index (κ3) is 5.20. The molecule has 6 heteroatoms. The van der Waals surface area contributed by atoms with Gasteiger partial charge >= 0.3 is 6.03 Å². The smallest absolute Gasteiger partial charge is 0.317 e. The molecule has 2 aromatic carbocycles. The summed E-state index contributed by atoms with van der Waals surface area (Å²) in [5.41, 5.74) is 4.31. The van der Waals surface area contributed by atoms with Gasteiger partial charge in [-0.25, -0.2) is 4.79 Å². The molecule has 3 rings (SSSR count). The maximum atomic E-state index is 12.4. The molecule has 0 aliphatic carbocycles. The Morgan fingerprint density at radius 2 is 1.82 bits per heavy atom. The molecular weight excluding hydrogens is 368 g/mol. The van der Waals surface area contributed by atoms with Crippen LogP contribution >= 0.6 is 11.8 Å². The minimum atomic E-state index is 0.0162. The highest BCUT2D eigenvalue weighted by Gasteiger charge is 2.21. The fourth-order valence-electron chi connectivity index (χ4n) is 3.35. The van der Waals surface area contributed by atoms with Gasteiger partial charge in [-0.05, 0) is 30.2 Å². The quantitative estimate of drug-likeness (QED) is 0.760. The zero-order chi connectivity index (χ0) is 19.8. The third-order valence-electron chi connectivity index (χ3n) is 4.94. The maximum absolute atomic E-state index is 12.4. The Kier molecular flexibility index (Phi) is 7.21. The van der Waals surface area contributed by atoms with Crippen molar-refractivity contribution >= 4 is 23.5 Å². The number of carbonyl (C=O) groups is 1. The first-order valence-corrected chi connectivity index (χ1v) is 10.7. The van der Waals surface area contributed by atoms with E-state index in [1.54, 1.807) is 11.8 Å². The molecule has 28 heavy (non-hydrogen) atoms. The van der Waals surface area contributed by atoms with E-state index < -0.39 is 0 Å². The molecular formula is C22H26N4OS. The van der Waals surface area contributed by atoms with Crippen LogP contribution in [0.25, 0.3) is 0 Å². The second-order valence-electron chi connectivity index (χ2n) is 6.81. The van der Waals surface area contributed by atoms with Gasteiger partial charge in [0.2, 0.25) is 0 Å². The van der Waals surface area contributed by atoms with Crippen LogP contribution in [0.3, 0.4) is 0 Å². The molecule has 0 radical (unpaired) electrons. The van der Waals surface area contributed by atoms with Gasteiger partial charge in [-0.15, -0.1) is 0 Å². The molecule has 1 aliphatic rings. The minimum Gasteiger partial charge on any atom is -0.368 e. The van der Waals surface area contributed by atoms with Gasteiger partial charge < -0.3 is 15.1 Å². The predicted octanol–water partition coefficient (Wildman–Crippen LogP) is 3.63. The summed E-state index contributed by atoms with van der Waals surface area (Å²) in [5, 5.41) is 12.1. The summed E-state index contributed by atoms with van der Waals surface area (Å²) in [7, 11) is 0. The fraction of sp³-hybridized carbons (Fsp3) is 0.364. The number of amides is 2. The van der Waals surface area contributed by atoms with Gasteiger partial charge in [0, 0.05) is 49.9 Å². The Hall–Kier alpha value is -2.65. The summed E-state index contributed by atoms with van der Waals surface area (Å²) in [6.07, 6.45) is 0. The molecule has 2 aromatic rings. The van der Waals surface area contributed by atoms with Crippen LogP contribution in [0.1, 0.15) is 16.7 Å². The third-order valence-corrected chi connectivity index (χ3v) is 5.95. The molecule has 1 fully saturated rings. The number of rotatable bonds is 6. The van der Waals surface area contributed by atoms with Crippen LogP contribution in [-0.4, -0.2) is 49.4 Å². The average Bonchev–Trinajstić information content (AvgIpc) is 2.74. The molecule has 1 N–H and O–H groups in total. The van der Waals surface area contributed by atoms with Crippen LogP contribution in [0.5, 0.6) is 0 Å². The summed E-state index contributed by atoms with van der Waals surface area (Å²) in [6.45, 7) is 5.96. The van der Waals surface area contributed by atoms with Crippen molar-refractivity contribution in [3.63, 3.8) is 0 Å². The van der Waals surface area contributed by atoms with Crippen LogP contribution in [-0.2, 0) is 5.75 Å². The van der Waals surface area contributed by atoms with Gasteiger partial charge in [0.1, 0.15) is 0 Å². The molecule has 0 bridgehead atoms. The Bertz CT molecular complexity index is 840. The van der Waals surface area contributed by atoms with Crippen molar-refractivity contribution in [3.05, 3.63) is 65.2 Å². The van der Waals surface area contributed by atoms with E-state index in [0.29, 0.717) is 6.54 Å². The first-order chi connectivity index (χ1) is 13.7. The van der Waals surface area contributed by atoms with Crippen LogP contribution in [0.4, 0.5) is 10.5 Å². The zero-order valence-electron chi connectivity index (χ0n) is 16.2. The molecule has 146 valence electrons. The minimum absolute atomic E-state index is 0.0162. The molecule has 1 heterocycles. The molecule has 0 aromatic heterocycles. The number of thioether (sulfide) groups is 1. The Morgan fingerprint density at radius 1 is 1.11 bits per heavy atom. The lowest BCUT2D eigenvalue weighted by atomic mass is 10.1. The Balaban J connectivity index is 1.36. The van der Waals surface area contributed by atoms with Crippen molar-refractivity contribution in [2.75, 3.05) is 43.4 Å². The average molecular weight is 395 g/mol. The van der Waals surface area contributed by atoms with Crippen molar-refractivity contribution in [1.82, 2.24) is 10.2 Å². The van der Waals surface area contributed by atoms with E-state index in [9.17, 15) is 4.79 Å². The number of urea groups is 1. The lowest BCUT2D eigenvalue weighted by Gasteiger charge is -2.36. The van der Waals surface area contributed by atoms with E-state index in [0.717, 1.165) is 48.8 Å². The summed E-state index contributed by atoms with van der Waals surface area (Å²) in [6, 6.07) is 18.3. The van der Waals surface area contributed by atoms with Crippen molar-refractivity contribution in [2.24, 2.45) is 0 Å². The standard InChI is InChI=1S/C22H26N4OS/c1-18-6-2-5-9-21(18)25-11-13-26(14-12-25)22(27)24-10-15-28-17-20-8-4-3-7-19(20)16-23/h2-9H,10-15,17H2,1H3,(H,24,27). The Morgan fingerprint density at radius 3 is 2.57 bits per heavy atom. The number of carbonyl (C=O) groups excluding carboxylic acids is 1. The topological polar surface area (TPSA) is 59.4 Å². The highest BCUT2D eigenvalue weighted by molar-refractivity contribution is 7.98. The predicted molar refractivity (Wildman–Crippen MR) is 116 cm³/mol. The van der Waals surface area contributed by atoms with Crippen LogP contribution < -0.4 is 10.2 Å². The molecule has 1 saturated heterocycles. The maximum Gasteiger partial charge on any atom is 0.317 e. The van der Waals surface area contributed by atoms with Gasteiger partial charge in [-0.2, -0.15) is 17.0 Å². The van der Waals surface area contributed by atoms with Gasteiger partial charge in [-0.1, -0.05) is 36.4 Å². The first-order valence-electron chi connectivity index (χ1n) is 9.58. The largest absolute Gasteiger partial charge is 0.368 e. The van der Waals surface area contributed by atoms with Crippen molar-refractivity contribution in [2.45, 2.75) is 12.7 Å². The molecule has 0 spiro atoms. The summed E-state index contributed by atoms with van der Waals surface area (Å²) in [4.78, 5) is 16.6. The van der Waals surface area contributed by atoms with E-state index in [2.05, 4.69) is 47.5 Å². The number of piperazine rings is 1. The van der Waals surface area contributed by atoms with Crippen LogP contribution in [0.2, 0.25) is 0 Å². The number of nitriles is 1. The summed E-state index contributed by atoms with van der Waals surface area (Å²) >= 11 is 1.73.